The smallest absolute Gasteiger partial charge is 0.263 e. The Morgan fingerprint density at radius 2 is 2.12 bits per heavy atom. The van der Waals surface area contributed by atoms with Crippen LogP contribution >= 0.6 is 23.1 Å². The Labute approximate surface area is 160 Å². The van der Waals surface area contributed by atoms with Crippen molar-refractivity contribution in [2.45, 2.75) is 37.2 Å². The van der Waals surface area contributed by atoms with Crippen molar-refractivity contribution in [3.8, 4) is 0 Å². The maximum Gasteiger partial charge on any atom is 0.263 e. The van der Waals surface area contributed by atoms with Gasteiger partial charge in [-0.2, -0.15) is 0 Å². The minimum absolute atomic E-state index is 0.0236. The summed E-state index contributed by atoms with van der Waals surface area (Å²) in [4.78, 5) is 32.1. The number of aryl methyl sites for hydroxylation is 1. The van der Waals surface area contributed by atoms with Crippen molar-refractivity contribution in [1.82, 2.24) is 9.55 Å². The maximum atomic E-state index is 12.9. The SMILES string of the molecule is C=CCn1c(S[C@@H](C)C(=O)c2ccccc2)nc2sc(CC)cc2c1=O. The van der Waals surface area contributed by atoms with Crippen LogP contribution in [0.1, 0.15) is 29.1 Å². The standard InChI is InChI=1S/C20H20N2O2S2/c1-4-11-22-19(24)16-12-15(5-2)26-18(16)21-20(22)25-13(3)17(23)14-9-7-6-8-10-14/h4,6-10,12-13H,1,5,11H2,2-3H3/t13-/m0/s1. The number of thioether (sulfide) groups is 1. The van der Waals surface area contributed by atoms with Crippen molar-refractivity contribution in [2.24, 2.45) is 0 Å². The highest BCUT2D eigenvalue weighted by molar-refractivity contribution is 8.00. The first-order valence-corrected chi connectivity index (χ1v) is 10.1. The Hall–Kier alpha value is -2.18. The predicted octanol–water partition coefficient (Wildman–Crippen LogP) is 4.57. The van der Waals surface area contributed by atoms with Gasteiger partial charge in [0.05, 0.1) is 10.6 Å². The molecule has 26 heavy (non-hydrogen) atoms. The molecule has 1 atom stereocenters. The van der Waals surface area contributed by atoms with Crippen molar-refractivity contribution in [2.75, 3.05) is 0 Å². The number of rotatable bonds is 7. The van der Waals surface area contributed by atoms with Crippen LogP contribution in [0.4, 0.5) is 0 Å². The number of hydrogen-bond donors (Lipinski definition) is 0. The molecule has 0 aliphatic heterocycles. The van der Waals surface area contributed by atoms with E-state index in [9.17, 15) is 9.59 Å². The molecule has 0 radical (unpaired) electrons. The molecule has 0 N–H and O–H groups in total. The highest BCUT2D eigenvalue weighted by Crippen LogP contribution is 2.28. The van der Waals surface area contributed by atoms with Gasteiger partial charge in [-0.15, -0.1) is 17.9 Å². The van der Waals surface area contributed by atoms with Gasteiger partial charge in [0.2, 0.25) is 0 Å². The molecular formula is C20H20N2O2S2. The minimum Gasteiger partial charge on any atom is -0.293 e. The maximum absolute atomic E-state index is 12.9. The quantitative estimate of drug-likeness (QED) is 0.259. The second-order valence-corrected chi connectivity index (χ2v) is 8.30. The van der Waals surface area contributed by atoms with Crippen LogP contribution in [0.2, 0.25) is 0 Å². The third-order valence-corrected chi connectivity index (χ3v) is 6.30. The molecule has 0 bridgehead atoms. The monoisotopic (exact) mass is 384 g/mol. The number of ketones is 1. The zero-order valence-corrected chi connectivity index (χ0v) is 16.4. The van der Waals surface area contributed by atoms with Crippen molar-refractivity contribution in [1.29, 1.82) is 0 Å². The molecule has 0 spiro atoms. The fraction of sp³-hybridized carbons (Fsp3) is 0.250. The lowest BCUT2D eigenvalue weighted by atomic mass is 10.1. The van der Waals surface area contributed by atoms with Crippen LogP contribution in [-0.2, 0) is 13.0 Å². The summed E-state index contributed by atoms with van der Waals surface area (Å²) in [6.07, 6.45) is 2.54. The van der Waals surface area contributed by atoms with Gasteiger partial charge in [0.15, 0.2) is 10.9 Å². The topological polar surface area (TPSA) is 52.0 Å². The van der Waals surface area contributed by atoms with Crippen molar-refractivity contribution < 1.29 is 4.79 Å². The predicted molar refractivity (Wildman–Crippen MR) is 110 cm³/mol. The molecule has 4 nitrogen and oxygen atoms in total. The first kappa shape index (κ1) is 18.6. The fourth-order valence-corrected chi connectivity index (χ4v) is 4.65. The van der Waals surface area contributed by atoms with E-state index in [1.165, 1.54) is 23.1 Å². The number of hydrogen-bond acceptors (Lipinski definition) is 5. The van der Waals surface area contributed by atoms with Crippen molar-refractivity contribution in [3.63, 3.8) is 0 Å². The molecular weight excluding hydrogens is 364 g/mol. The van der Waals surface area contributed by atoms with Crippen molar-refractivity contribution in [3.05, 3.63) is 69.8 Å². The molecule has 0 saturated heterocycles. The van der Waals surface area contributed by atoms with Gasteiger partial charge >= 0.3 is 0 Å². The van der Waals surface area contributed by atoms with Gasteiger partial charge in [-0.1, -0.05) is 55.1 Å². The molecule has 1 aromatic carbocycles. The number of Topliss-reactive ketones (excluding diaryl/α,β-unsaturated/α-hetero) is 1. The van der Waals surface area contributed by atoms with Gasteiger partial charge in [-0.25, -0.2) is 4.98 Å². The Balaban J connectivity index is 2.00. The van der Waals surface area contributed by atoms with Gasteiger partial charge in [-0.05, 0) is 19.4 Å². The number of thiophene rings is 1. The van der Waals surface area contributed by atoms with E-state index in [1.807, 2.05) is 31.2 Å². The van der Waals surface area contributed by atoms with E-state index >= 15 is 0 Å². The number of benzene rings is 1. The van der Waals surface area contributed by atoms with Gasteiger partial charge in [0, 0.05) is 17.0 Å². The average molecular weight is 385 g/mol. The lowest BCUT2D eigenvalue weighted by molar-refractivity contribution is 0.0994. The average Bonchev–Trinajstić information content (AvgIpc) is 3.08. The number of aromatic nitrogens is 2. The summed E-state index contributed by atoms with van der Waals surface area (Å²) in [5.41, 5.74) is 0.586. The largest absolute Gasteiger partial charge is 0.293 e. The molecule has 0 aliphatic carbocycles. The third kappa shape index (κ3) is 3.66. The molecule has 0 saturated carbocycles. The van der Waals surface area contributed by atoms with Gasteiger partial charge in [0.25, 0.3) is 5.56 Å². The summed E-state index contributed by atoms with van der Waals surface area (Å²) in [6.45, 7) is 8.02. The van der Waals surface area contributed by atoms with E-state index in [4.69, 9.17) is 0 Å². The molecule has 0 amide bonds. The van der Waals surface area contributed by atoms with Gasteiger partial charge in [-0.3, -0.25) is 14.2 Å². The number of carbonyl (C=O) groups excluding carboxylic acids is 1. The molecule has 3 rings (SSSR count). The van der Waals surface area contributed by atoms with E-state index in [2.05, 4.69) is 18.5 Å². The van der Waals surface area contributed by atoms with Crippen LogP contribution in [-0.4, -0.2) is 20.6 Å². The summed E-state index contributed by atoms with van der Waals surface area (Å²) in [7, 11) is 0. The molecule has 3 aromatic rings. The first-order valence-electron chi connectivity index (χ1n) is 8.45. The highest BCUT2D eigenvalue weighted by Gasteiger charge is 2.21. The Morgan fingerprint density at radius 1 is 1.38 bits per heavy atom. The number of nitrogens with zero attached hydrogens (tertiary/aromatic N) is 2. The van der Waals surface area contributed by atoms with Crippen LogP contribution in [0.25, 0.3) is 10.2 Å². The van der Waals surface area contributed by atoms with E-state index in [0.29, 0.717) is 22.7 Å². The van der Waals surface area contributed by atoms with E-state index < -0.39 is 0 Å². The van der Waals surface area contributed by atoms with E-state index in [1.54, 1.807) is 22.8 Å². The minimum atomic E-state index is -0.344. The molecule has 0 aliphatic rings. The molecule has 0 fully saturated rings. The zero-order valence-electron chi connectivity index (χ0n) is 14.8. The van der Waals surface area contributed by atoms with Crippen LogP contribution < -0.4 is 5.56 Å². The summed E-state index contributed by atoms with van der Waals surface area (Å²) in [5, 5.41) is 0.854. The van der Waals surface area contributed by atoms with Crippen LogP contribution in [0.15, 0.2) is 59.0 Å². The molecule has 134 valence electrons. The summed E-state index contributed by atoms with van der Waals surface area (Å²) >= 11 is 2.86. The van der Waals surface area contributed by atoms with Crippen molar-refractivity contribution >= 4 is 39.1 Å². The molecule has 2 aromatic heterocycles. The van der Waals surface area contributed by atoms with E-state index in [0.717, 1.165) is 16.1 Å². The highest BCUT2D eigenvalue weighted by atomic mass is 32.2. The fourth-order valence-electron chi connectivity index (χ4n) is 2.65. The molecule has 2 heterocycles. The first-order chi connectivity index (χ1) is 12.5. The second-order valence-electron chi connectivity index (χ2n) is 5.87. The normalized spacial score (nSPS) is 12.2. The lowest BCUT2D eigenvalue weighted by Gasteiger charge is -2.14. The third-order valence-electron chi connectivity index (χ3n) is 4.04. The zero-order chi connectivity index (χ0) is 18.7. The Morgan fingerprint density at radius 3 is 2.77 bits per heavy atom. The number of allylic oxidation sites excluding steroid dienone is 1. The van der Waals surface area contributed by atoms with E-state index in [-0.39, 0.29) is 16.6 Å². The van der Waals surface area contributed by atoms with Crippen LogP contribution in [0.5, 0.6) is 0 Å². The lowest BCUT2D eigenvalue weighted by Crippen LogP contribution is -2.24. The summed E-state index contributed by atoms with van der Waals surface area (Å²) in [5.74, 6) is 0.0236. The Bertz CT molecular complexity index is 1010. The van der Waals surface area contributed by atoms with Crippen LogP contribution in [0, 0.1) is 0 Å². The Kier molecular flexibility index (Phi) is 5.74. The van der Waals surface area contributed by atoms with Gasteiger partial charge < -0.3 is 0 Å². The van der Waals surface area contributed by atoms with Crippen LogP contribution in [0.3, 0.4) is 0 Å². The number of fused-ring (bicyclic) bond motifs is 1. The molecule has 0 unspecified atom stereocenters. The van der Waals surface area contributed by atoms with Gasteiger partial charge in [0.1, 0.15) is 4.83 Å². The summed E-state index contributed by atoms with van der Waals surface area (Å²) in [6, 6.07) is 11.1. The second kappa shape index (κ2) is 8.01. The number of carbonyl (C=O) groups is 1. The summed E-state index contributed by atoms with van der Waals surface area (Å²) < 4.78 is 1.60. The molecule has 6 heteroatoms.